The van der Waals surface area contributed by atoms with E-state index >= 15 is 0 Å². The van der Waals surface area contributed by atoms with Gasteiger partial charge in [-0.2, -0.15) is 0 Å². The van der Waals surface area contributed by atoms with Gasteiger partial charge in [0.05, 0.1) is 11.9 Å². The molecule has 1 aliphatic carbocycles. The topological polar surface area (TPSA) is 28.2 Å². The lowest BCUT2D eigenvalue weighted by Gasteiger charge is -2.21. The van der Waals surface area contributed by atoms with Crippen molar-refractivity contribution in [1.29, 1.82) is 0 Å². The van der Waals surface area contributed by atoms with Crippen molar-refractivity contribution < 1.29 is 0 Å². The van der Waals surface area contributed by atoms with E-state index in [1.165, 1.54) is 25.7 Å². The maximum Gasteiger partial charge on any atom is 0.128 e. The van der Waals surface area contributed by atoms with E-state index in [0.717, 1.165) is 17.4 Å². The lowest BCUT2D eigenvalue weighted by molar-refractivity contribution is 0.489. The summed E-state index contributed by atoms with van der Waals surface area (Å²) in [4.78, 5) is 6.46. The third kappa shape index (κ3) is 2.90. The van der Waals surface area contributed by atoms with Crippen LogP contribution in [0.5, 0.6) is 0 Å². The molecule has 94 valence electrons. The Balaban J connectivity index is 1.99. The van der Waals surface area contributed by atoms with Crippen molar-refractivity contribution in [2.24, 2.45) is 5.92 Å². The SMILES string of the molecule is CCC1CCCC1Nc1ccc(N(C)C)nc1. The molecule has 0 radical (unpaired) electrons. The Morgan fingerprint density at radius 1 is 1.35 bits per heavy atom. The van der Waals surface area contributed by atoms with Gasteiger partial charge in [-0.15, -0.1) is 0 Å². The summed E-state index contributed by atoms with van der Waals surface area (Å²) >= 11 is 0. The van der Waals surface area contributed by atoms with E-state index in [0.29, 0.717) is 6.04 Å². The molecule has 0 aromatic carbocycles. The van der Waals surface area contributed by atoms with Crippen LogP contribution in [-0.4, -0.2) is 25.1 Å². The first-order chi connectivity index (χ1) is 8.20. The molecule has 0 aliphatic heterocycles. The highest BCUT2D eigenvalue weighted by atomic mass is 15.1. The molecule has 1 heterocycles. The van der Waals surface area contributed by atoms with Gasteiger partial charge < -0.3 is 10.2 Å². The Bertz CT molecular complexity index is 345. The summed E-state index contributed by atoms with van der Waals surface area (Å²) in [5, 5.41) is 3.63. The van der Waals surface area contributed by atoms with Crippen molar-refractivity contribution in [3.63, 3.8) is 0 Å². The van der Waals surface area contributed by atoms with Gasteiger partial charge in [0, 0.05) is 20.1 Å². The Labute approximate surface area is 104 Å². The maximum absolute atomic E-state index is 4.43. The van der Waals surface area contributed by atoms with Crippen molar-refractivity contribution in [2.75, 3.05) is 24.3 Å². The van der Waals surface area contributed by atoms with E-state index < -0.39 is 0 Å². The average Bonchev–Trinajstić information content (AvgIpc) is 2.77. The predicted octanol–water partition coefficient (Wildman–Crippen LogP) is 3.14. The number of aromatic nitrogens is 1. The standard InChI is InChI=1S/C14H23N3/c1-4-11-6-5-7-13(11)16-12-8-9-14(15-10-12)17(2)3/h8-11,13,16H,4-7H2,1-3H3. The molecule has 1 aliphatic rings. The van der Waals surface area contributed by atoms with Crippen molar-refractivity contribution in [3.05, 3.63) is 18.3 Å². The fourth-order valence-electron chi connectivity index (χ4n) is 2.67. The maximum atomic E-state index is 4.43. The largest absolute Gasteiger partial charge is 0.381 e. The molecule has 1 saturated carbocycles. The molecular weight excluding hydrogens is 210 g/mol. The first kappa shape index (κ1) is 12.2. The predicted molar refractivity (Wildman–Crippen MR) is 73.6 cm³/mol. The van der Waals surface area contributed by atoms with Crippen LogP contribution in [0.15, 0.2) is 18.3 Å². The number of rotatable bonds is 4. The molecule has 1 aromatic rings. The van der Waals surface area contributed by atoms with Crippen LogP contribution in [0.25, 0.3) is 0 Å². The molecular formula is C14H23N3. The minimum atomic E-state index is 0.645. The normalized spacial score (nSPS) is 23.7. The van der Waals surface area contributed by atoms with E-state index in [-0.39, 0.29) is 0 Å². The van der Waals surface area contributed by atoms with Gasteiger partial charge in [-0.05, 0) is 30.9 Å². The fourth-order valence-corrected chi connectivity index (χ4v) is 2.67. The molecule has 2 unspecified atom stereocenters. The Kier molecular flexibility index (Phi) is 3.87. The van der Waals surface area contributed by atoms with Crippen LogP contribution in [0.1, 0.15) is 32.6 Å². The number of nitrogens with zero attached hydrogens (tertiary/aromatic N) is 2. The van der Waals surface area contributed by atoms with Gasteiger partial charge in [-0.3, -0.25) is 0 Å². The van der Waals surface area contributed by atoms with Gasteiger partial charge in [0.1, 0.15) is 5.82 Å². The van der Waals surface area contributed by atoms with Crippen molar-refractivity contribution in [2.45, 2.75) is 38.6 Å². The second-order valence-electron chi connectivity index (χ2n) is 5.15. The highest BCUT2D eigenvalue weighted by molar-refractivity contribution is 5.48. The molecule has 3 nitrogen and oxygen atoms in total. The van der Waals surface area contributed by atoms with Crippen LogP contribution in [0.4, 0.5) is 11.5 Å². The fraction of sp³-hybridized carbons (Fsp3) is 0.643. The third-order valence-electron chi connectivity index (χ3n) is 3.74. The second kappa shape index (κ2) is 5.39. The quantitative estimate of drug-likeness (QED) is 0.866. The zero-order valence-corrected chi connectivity index (χ0v) is 11.1. The summed E-state index contributed by atoms with van der Waals surface area (Å²) in [5.74, 6) is 1.84. The van der Waals surface area contributed by atoms with Crippen LogP contribution in [-0.2, 0) is 0 Å². The number of nitrogens with one attached hydrogen (secondary N) is 1. The average molecular weight is 233 g/mol. The molecule has 0 saturated heterocycles. The van der Waals surface area contributed by atoms with Gasteiger partial charge >= 0.3 is 0 Å². The molecule has 0 amide bonds. The molecule has 0 spiro atoms. The lowest BCUT2D eigenvalue weighted by atomic mass is 10.0. The zero-order chi connectivity index (χ0) is 12.3. The van der Waals surface area contributed by atoms with Gasteiger partial charge in [0.2, 0.25) is 0 Å². The van der Waals surface area contributed by atoms with Gasteiger partial charge in [0.25, 0.3) is 0 Å². The summed E-state index contributed by atoms with van der Waals surface area (Å²) in [5.41, 5.74) is 1.15. The van der Waals surface area contributed by atoms with E-state index in [1.807, 2.05) is 25.2 Å². The number of anilines is 2. The summed E-state index contributed by atoms with van der Waals surface area (Å²) < 4.78 is 0. The van der Waals surface area contributed by atoms with E-state index in [1.54, 1.807) is 0 Å². The molecule has 17 heavy (non-hydrogen) atoms. The number of hydrogen-bond donors (Lipinski definition) is 1. The molecule has 2 rings (SSSR count). The number of pyridine rings is 1. The number of hydrogen-bond acceptors (Lipinski definition) is 3. The summed E-state index contributed by atoms with van der Waals surface area (Å²) in [6, 6.07) is 4.85. The van der Waals surface area contributed by atoms with Gasteiger partial charge in [0.15, 0.2) is 0 Å². The van der Waals surface area contributed by atoms with Crippen molar-refractivity contribution >= 4 is 11.5 Å². The summed E-state index contributed by atoms with van der Waals surface area (Å²) in [6.45, 7) is 2.29. The van der Waals surface area contributed by atoms with Crippen LogP contribution >= 0.6 is 0 Å². The molecule has 0 bridgehead atoms. The van der Waals surface area contributed by atoms with Gasteiger partial charge in [-0.25, -0.2) is 4.98 Å². The molecule has 1 fully saturated rings. The van der Waals surface area contributed by atoms with Crippen molar-refractivity contribution in [1.82, 2.24) is 4.98 Å². The molecule has 2 atom stereocenters. The third-order valence-corrected chi connectivity index (χ3v) is 3.74. The summed E-state index contributed by atoms with van der Waals surface area (Å²) in [7, 11) is 4.03. The van der Waals surface area contributed by atoms with Gasteiger partial charge in [-0.1, -0.05) is 19.8 Å². The molecule has 1 N–H and O–H groups in total. The lowest BCUT2D eigenvalue weighted by Crippen LogP contribution is -2.23. The second-order valence-corrected chi connectivity index (χ2v) is 5.15. The van der Waals surface area contributed by atoms with Crippen LogP contribution < -0.4 is 10.2 Å². The van der Waals surface area contributed by atoms with Crippen molar-refractivity contribution in [3.8, 4) is 0 Å². The minimum absolute atomic E-state index is 0.645. The highest BCUT2D eigenvalue weighted by Gasteiger charge is 2.25. The Hall–Kier alpha value is -1.25. The van der Waals surface area contributed by atoms with Crippen LogP contribution in [0.2, 0.25) is 0 Å². The minimum Gasteiger partial charge on any atom is -0.381 e. The first-order valence-electron chi connectivity index (χ1n) is 6.60. The van der Waals surface area contributed by atoms with Crippen LogP contribution in [0.3, 0.4) is 0 Å². The molecule has 1 aromatic heterocycles. The molecule has 3 heteroatoms. The highest BCUT2D eigenvalue weighted by Crippen LogP contribution is 2.30. The van der Waals surface area contributed by atoms with Crippen LogP contribution in [0, 0.1) is 5.92 Å². The first-order valence-corrected chi connectivity index (χ1v) is 6.60. The smallest absolute Gasteiger partial charge is 0.128 e. The van der Waals surface area contributed by atoms with E-state index in [9.17, 15) is 0 Å². The Morgan fingerprint density at radius 2 is 2.18 bits per heavy atom. The summed E-state index contributed by atoms with van der Waals surface area (Å²) in [6.07, 6.45) is 7.26. The monoisotopic (exact) mass is 233 g/mol. The van der Waals surface area contributed by atoms with E-state index in [2.05, 4.69) is 29.4 Å². The van der Waals surface area contributed by atoms with E-state index in [4.69, 9.17) is 0 Å². The Morgan fingerprint density at radius 3 is 2.76 bits per heavy atom. The zero-order valence-electron chi connectivity index (χ0n) is 11.1.